The Balaban J connectivity index is 0. The van der Waals surface area contributed by atoms with E-state index < -0.39 is 9.05 Å². The molecule has 0 aliphatic heterocycles. The molecule has 0 aliphatic carbocycles. The maximum atomic E-state index is 9.11. The van der Waals surface area contributed by atoms with Crippen LogP contribution < -0.4 is 0 Å². The van der Waals surface area contributed by atoms with E-state index in [1.54, 1.807) is 0 Å². The van der Waals surface area contributed by atoms with Gasteiger partial charge in [0.1, 0.15) is 0 Å². The number of hydrogen-bond acceptors (Lipinski definition) is 2. The normalized spacial score (nSPS) is 9.67. The fraction of sp³-hybridized carbons (Fsp3) is 0. The Hall–Kier alpha value is 0.822. The lowest BCUT2D eigenvalue weighted by Crippen LogP contribution is -1.86. The van der Waals surface area contributed by atoms with Crippen LogP contribution in [0.2, 0.25) is 0 Å². The largest absolute Gasteiger partial charge is 0.285 e. The van der Waals surface area contributed by atoms with Crippen molar-refractivity contribution < 1.29 is 13.3 Å². The minimum atomic E-state index is -3.83. The van der Waals surface area contributed by atoms with E-state index in [1.807, 2.05) is 0 Å². The summed E-state index contributed by atoms with van der Waals surface area (Å²) in [6.07, 6.45) is 0. The molecule has 0 unspecified atom stereocenters. The van der Waals surface area contributed by atoms with Crippen LogP contribution in [0.15, 0.2) is 0 Å². The van der Waals surface area contributed by atoms with Crippen LogP contribution in [0.25, 0.3) is 0 Å². The summed E-state index contributed by atoms with van der Waals surface area (Å²) in [7, 11) is -3.83. The van der Waals surface area contributed by atoms with Crippen molar-refractivity contribution in [2.24, 2.45) is 0 Å². The van der Waals surface area contributed by atoms with Crippen LogP contribution in [0.3, 0.4) is 0 Å². The average molecular weight is 144 g/mol. The van der Waals surface area contributed by atoms with Gasteiger partial charge in [0, 0.05) is 11.2 Å². The first kappa shape index (κ1) is 9.95. The van der Waals surface area contributed by atoms with Crippen molar-refractivity contribution in [3.05, 3.63) is 0 Å². The highest BCUT2D eigenvalue weighted by atomic mass is 32.9. The van der Waals surface area contributed by atoms with Crippen molar-refractivity contribution in [2.75, 3.05) is 0 Å². The number of rotatable bonds is 0. The average Bonchev–Trinajstić information content (AvgIpc) is 0.722. The van der Waals surface area contributed by atoms with Gasteiger partial charge in [-0.2, -0.15) is 4.21 Å². The zero-order valence-corrected chi connectivity index (χ0v) is 3.75. The molecule has 0 heterocycles. The molecule has 0 amide bonds. The van der Waals surface area contributed by atoms with Gasteiger partial charge in [-0.15, -0.1) is 0 Å². The molecule has 6 heteroatoms. The molecule has 0 saturated heterocycles. The lowest BCUT2D eigenvalue weighted by Gasteiger charge is -1.73. The van der Waals surface area contributed by atoms with Gasteiger partial charge in [0.15, 0.2) is 17.4 Å². The first-order valence-corrected chi connectivity index (χ1v) is 3.10. The highest BCUT2D eigenvalue weighted by molar-refractivity contribution is 8.26. The molecule has 3 nitrogen and oxygen atoms in total. The van der Waals surface area contributed by atoms with E-state index in [0.29, 0.717) is 0 Å². The molecule has 0 aromatic carbocycles. The predicted molar refractivity (Wildman–Crippen MR) is 30.7 cm³/mol. The molecule has 0 aromatic heterocycles. The quantitative estimate of drug-likeness (QED) is 0.406. The van der Waals surface area contributed by atoms with Gasteiger partial charge in [0.05, 0.1) is 0 Å². The van der Waals surface area contributed by atoms with Crippen molar-refractivity contribution in [2.45, 2.75) is 0 Å². The van der Waals surface area contributed by atoms with Crippen molar-refractivity contribution in [3.63, 3.8) is 0 Å². The summed E-state index contributed by atoms with van der Waals surface area (Å²) in [5, 5.41) is 0. The molecule has 2 N–H and O–H groups in total. The van der Waals surface area contributed by atoms with E-state index in [9.17, 15) is 0 Å². The molecule has 0 saturated carbocycles. The van der Waals surface area contributed by atoms with Crippen LogP contribution in [-0.4, -0.2) is 30.7 Å². The fourth-order valence-corrected chi connectivity index (χ4v) is 0. The molecule has 0 aliphatic rings. The molecular weight excluding hydrogens is 139 g/mol. The maximum Gasteiger partial charge on any atom is 0.263 e. The van der Waals surface area contributed by atoms with Crippen LogP contribution in [0, 0.1) is 0 Å². The first-order valence-electron chi connectivity index (χ1n) is 0.698. The molecule has 0 aromatic rings. The topological polar surface area (TPSA) is 57.5 Å². The van der Waals surface area contributed by atoms with Crippen molar-refractivity contribution in [1.29, 1.82) is 0 Å². The second-order valence-electron chi connectivity index (χ2n) is 0.448. The third kappa shape index (κ3) is 104. The lowest BCUT2D eigenvalue weighted by molar-refractivity contribution is 0.450. The highest BCUT2D eigenvalue weighted by Gasteiger charge is 1.78. The summed E-state index contributed by atoms with van der Waals surface area (Å²) in [6.45, 7) is 0. The molecule has 0 atom stereocenters. The summed E-state index contributed by atoms with van der Waals surface area (Å²) >= 11 is 3.47. The second-order valence-corrected chi connectivity index (χ2v) is 2.65. The van der Waals surface area contributed by atoms with Crippen LogP contribution >= 0.6 is 0 Å². The minimum Gasteiger partial charge on any atom is -0.285 e. The van der Waals surface area contributed by atoms with E-state index in [2.05, 4.69) is 11.2 Å². The van der Waals surface area contributed by atoms with Crippen LogP contribution in [0.1, 0.15) is 0 Å². The van der Waals surface area contributed by atoms with Crippen LogP contribution in [0.5, 0.6) is 0 Å². The van der Waals surface area contributed by atoms with E-state index in [0.717, 1.165) is 0 Å². The van der Waals surface area contributed by atoms with Gasteiger partial charge in [0.25, 0.3) is 9.05 Å². The van der Waals surface area contributed by atoms with Gasteiger partial charge < -0.3 is 0 Å². The Bertz CT molecular complexity index is 92.0. The summed E-state index contributed by atoms with van der Waals surface area (Å²) in [6, 6.07) is 0. The molecule has 0 radical (unpaired) electrons. The standard InChI is InChI=1S/Al.H2O3S2.3H/c;1-5(2,3)4;;;/h;(H2,1,2,3,4);;;. The third-order valence-corrected chi connectivity index (χ3v) is 0. The Morgan fingerprint density at radius 2 is 1.50 bits per heavy atom. The first-order chi connectivity index (χ1) is 2.00. The summed E-state index contributed by atoms with van der Waals surface area (Å²) in [5.41, 5.74) is 0. The van der Waals surface area contributed by atoms with Crippen LogP contribution in [0.4, 0.5) is 0 Å². The van der Waals surface area contributed by atoms with Gasteiger partial charge in [-0.1, -0.05) is 0 Å². The van der Waals surface area contributed by atoms with Crippen LogP contribution in [-0.2, 0) is 20.2 Å². The molecule has 6 heavy (non-hydrogen) atoms. The van der Waals surface area contributed by atoms with Crippen molar-refractivity contribution in [1.82, 2.24) is 0 Å². The zero-order chi connectivity index (χ0) is 4.50. The van der Waals surface area contributed by atoms with Gasteiger partial charge in [-0.25, -0.2) is 0 Å². The van der Waals surface area contributed by atoms with Gasteiger partial charge >= 0.3 is 0 Å². The van der Waals surface area contributed by atoms with Crippen molar-refractivity contribution in [3.8, 4) is 0 Å². The van der Waals surface area contributed by atoms with E-state index in [1.165, 1.54) is 0 Å². The fourth-order valence-electron chi connectivity index (χ4n) is 0. The Kier molecular flexibility index (Phi) is 4.82. The molecule has 0 fully saturated rings. The minimum absolute atomic E-state index is 0. The van der Waals surface area contributed by atoms with Gasteiger partial charge in [-0.05, 0) is 0 Å². The van der Waals surface area contributed by atoms with E-state index >= 15 is 0 Å². The molecular formula is H5AlO3S2. The summed E-state index contributed by atoms with van der Waals surface area (Å²) in [4.78, 5) is 0. The number of hydrogen-bond donors (Lipinski definition) is 2. The smallest absolute Gasteiger partial charge is 0.263 e. The predicted octanol–water partition coefficient (Wildman–Crippen LogP) is -1.51. The summed E-state index contributed by atoms with van der Waals surface area (Å²) in [5.74, 6) is 0. The van der Waals surface area contributed by atoms with Gasteiger partial charge in [-0.3, -0.25) is 9.11 Å². The molecule has 38 valence electrons. The highest BCUT2D eigenvalue weighted by Crippen LogP contribution is 1.62. The maximum absolute atomic E-state index is 9.11. The van der Waals surface area contributed by atoms with Gasteiger partial charge in [0.2, 0.25) is 0 Å². The molecule has 0 rings (SSSR count). The monoisotopic (exact) mass is 144 g/mol. The lowest BCUT2D eigenvalue weighted by atomic mass is 15.8. The zero-order valence-electron chi connectivity index (χ0n) is 2.12. The summed E-state index contributed by atoms with van der Waals surface area (Å²) < 4.78 is 24.0. The van der Waals surface area contributed by atoms with E-state index in [4.69, 9.17) is 13.3 Å². The Morgan fingerprint density at radius 1 is 1.50 bits per heavy atom. The SMILES string of the molecule is O=S(O)(O)=S.[AlH3]. The Morgan fingerprint density at radius 3 is 1.50 bits per heavy atom. The third-order valence-electron chi connectivity index (χ3n) is 0. The molecule has 0 spiro atoms. The molecule has 0 bridgehead atoms. The second kappa shape index (κ2) is 2.91. The Labute approximate surface area is 51.2 Å². The van der Waals surface area contributed by atoms with Crippen molar-refractivity contribution >= 4 is 37.6 Å². The van der Waals surface area contributed by atoms with E-state index in [-0.39, 0.29) is 17.4 Å².